The molecule has 0 aromatic carbocycles. The van der Waals surface area contributed by atoms with Crippen molar-refractivity contribution in [3.05, 3.63) is 11.6 Å². The Morgan fingerprint density at radius 1 is 1.42 bits per heavy atom. The lowest BCUT2D eigenvalue weighted by Gasteiger charge is -2.46. The van der Waals surface area contributed by atoms with E-state index in [-0.39, 0.29) is 29.3 Å². The van der Waals surface area contributed by atoms with Gasteiger partial charge in [-0.3, -0.25) is 9.59 Å². The van der Waals surface area contributed by atoms with E-state index >= 15 is 0 Å². The number of carbonyl (C=O) groups excluding carboxylic acids is 2. The topological polar surface area (TPSA) is 43.4 Å². The molecule has 134 valence electrons. The zero-order chi connectivity index (χ0) is 17.2. The second kappa shape index (κ2) is 7.63. The van der Waals surface area contributed by atoms with Gasteiger partial charge < -0.3 is 4.74 Å². The first-order chi connectivity index (χ1) is 11.6. The lowest BCUT2D eigenvalue weighted by Crippen LogP contribution is -2.45. The van der Waals surface area contributed by atoms with E-state index in [2.05, 4.69) is 19.9 Å². The number of ether oxygens (including phenoxy) is 1. The van der Waals surface area contributed by atoms with Crippen LogP contribution in [0.3, 0.4) is 0 Å². The van der Waals surface area contributed by atoms with Crippen LogP contribution >= 0.6 is 11.8 Å². The Morgan fingerprint density at radius 2 is 2.25 bits per heavy atom. The Labute approximate surface area is 150 Å². The molecule has 4 heteroatoms. The van der Waals surface area contributed by atoms with Crippen LogP contribution in [0.4, 0.5) is 0 Å². The van der Waals surface area contributed by atoms with Crippen molar-refractivity contribution in [2.75, 3.05) is 11.5 Å². The van der Waals surface area contributed by atoms with E-state index in [1.807, 2.05) is 0 Å². The highest BCUT2D eigenvalue weighted by molar-refractivity contribution is 7.99. The average Bonchev–Trinajstić information content (AvgIpc) is 2.89. The van der Waals surface area contributed by atoms with Crippen LogP contribution in [0, 0.1) is 17.3 Å². The maximum atomic E-state index is 12.6. The van der Waals surface area contributed by atoms with Gasteiger partial charge >= 0.3 is 5.97 Å². The number of ketones is 1. The predicted octanol–water partition coefficient (Wildman–Crippen LogP) is 4.55. The van der Waals surface area contributed by atoms with Crippen molar-refractivity contribution in [3.8, 4) is 0 Å². The summed E-state index contributed by atoms with van der Waals surface area (Å²) in [5.41, 5.74) is 1.47. The fourth-order valence-corrected chi connectivity index (χ4v) is 5.82. The third-order valence-corrected chi connectivity index (χ3v) is 7.36. The number of Topliss-reactive ketones (excluding diaryl/α,β-unsaturated/α-hetero) is 1. The Bertz CT molecular complexity index is 527. The van der Waals surface area contributed by atoms with Crippen LogP contribution in [-0.4, -0.2) is 29.4 Å². The molecule has 0 aromatic rings. The van der Waals surface area contributed by atoms with Gasteiger partial charge in [0.2, 0.25) is 0 Å². The first-order valence-corrected chi connectivity index (χ1v) is 10.7. The van der Waals surface area contributed by atoms with Crippen LogP contribution in [0.2, 0.25) is 0 Å². The van der Waals surface area contributed by atoms with Crippen LogP contribution in [0.1, 0.15) is 65.2 Å². The molecule has 0 aromatic heterocycles. The fourth-order valence-electron chi connectivity index (χ4n) is 5.15. The molecular weight excluding hydrogens is 320 g/mol. The average molecular weight is 351 g/mol. The number of carbonyl (C=O) groups is 2. The van der Waals surface area contributed by atoms with Gasteiger partial charge in [-0.2, -0.15) is 11.8 Å². The fraction of sp³-hybridized carbons (Fsp3) is 0.800. The number of thioether (sulfide) groups is 1. The first-order valence-electron chi connectivity index (χ1n) is 9.51. The molecule has 24 heavy (non-hydrogen) atoms. The van der Waals surface area contributed by atoms with E-state index in [0.717, 1.165) is 50.7 Å². The lowest BCUT2D eigenvalue weighted by molar-refractivity contribution is -0.155. The molecule has 0 heterocycles. The Hall–Kier alpha value is -0.770. The van der Waals surface area contributed by atoms with Crippen molar-refractivity contribution < 1.29 is 14.3 Å². The van der Waals surface area contributed by atoms with Gasteiger partial charge in [-0.1, -0.05) is 25.0 Å². The summed E-state index contributed by atoms with van der Waals surface area (Å²) in [6.07, 6.45) is 10.2. The van der Waals surface area contributed by atoms with Crippen LogP contribution in [0.5, 0.6) is 0 Å². The predicted molar refractivity (Wildman–Crippen MR) is 98.0 cm³/mol. The molecular formula is C20H30O3S. The maximum Gasteiger partial charge on any atom is 0.316 e. The molecule has 2 fully saturated rings. The summed E-state index contributed by atoms with van der Waals surface area (Å²) in [6.45, 7) is 4.27. The molecule has 0 N–H and O–H groups in total. The van der Waals surface area contributed by atoms with Crippen molar-refractivity contribution in [2.24, 2.45) is 17.3 Å². The highest BCUT2D eigenvalue weighted by atomic mass is 32.2. The normalized spacial score (nSPS) is 37.8. The number of hydrogen-bond acceptors (Lipinski definition) is 4. The van der Waals surface area contributed by atoms with Crippen molar-refractivity contribution in [1.29, 1.82) is 0 Å². The van der Waals surface area contributed by atoms with Crippen LogP contribution < -0.4 is 0 Å². The monoisotopic (exact) mass is 350 g/mol. The summed E-state index contributed by atoms with van der Waals surface area (Å²) in [5, 5.41) is 0. The SMILES string of the molecule is CCCSCC(=O)O[C@H]1C/C(C)=C\CC23CCCC1C2C(=O)CC3. The molecule has 0 aliphatic heterocycles. The second-order valence-electron chi connectivity index (χ2n) is 7.90. The zero-order valence-corrected chi connectivity index (χ0v) is 15.8. The molecule has 0 saturated heterocycles. The minimum Gasteiger partial charge on any atom is -0.461 e. The molecule has 0 amide bonds. The van der Waals surface area contributed by atoms with Gasteiger partial charge in [-0.05, 0) is 50.2 Å². The van der Waals surface area contributed by atoms with Crippen molar-refractivity contribution in [2.45, 2.75) is 71.3 Å². The Morgan fingerprint density at radius 3 is 3.04 bits per heavy atom. The van der Waals surface area contributed by atoms with Crippen molar-refractivity contribution >= 4 is 23.5 Å². The van der Waals surface area contributed by atoms with Gasteiger partial charge in [0, 0.05) is 24.7 Å². The van der Waals surface area contributed by atoms with Gasteiger partial charge in [0.15, 0.2) is 0 Å². The van der Waals surface area contributed by atoms with Crippen molar-refractivity contribution in [3.63, 3.8) is 0 Å². The summed E-state index contributed by atoms with van der Waals surface area (Å²) in [6, 6.07) is 0. The minimum atomic E-state index is -0.108. The third kappa shape index (κ3) is 3.58. The van der Waals surface area contributed by atoms with Crippen LogP contribution in [0.15, 0.2) is 11.6 Å². The number of allylic oxidation sites excluding steroid dienone is 1. The van der Waals surface area contributed by atoms with Gasteiger partial charge in [0.1, 0.15) is 11.9 Å². The largest absolute Gasteiger partial charge is 0.461 e. The Kier molecular flexibility index (Phi) is 5.74. The summed E-state index contributed by atoms with van der Waals surface area (Å²) in [7, 11) is 0. The minimum absolute atomic E-state index is 0.103. The third-order valence-electron chi connectivity index (χ3n) is 6.23. The molecule has 3 aliphatic carbocycles. The van der Waals surface area contributed by atoms with Crippen LogP contribution in [-0.2, 0) is 14.3 Å². The van der Waals surface area contributed by atoms with Crippen molar-refractivity contribution in [1.82, 2.24) is 0 Å². The molecule has 4 atom stereocenters. The summed E-state index contributed by atoms with van der Waals surface area (Å²) < 4.78 is 5.93. The van der Waals surface area contributed by atoms with E-state index in [1.165, 1.54) is 12.0 Å². The highest BCUT2D eigenvalue weighted by Gasteiger charge is 2.55. The van der Waals surface area contributed by atoms with Gasteiger partial charge in [0.05, 0.1) is 5.75 Å². The van der Waals surface area contributed by atoms with Gasteiger partial charge in [0.25, 0.3) is 0 Å². The summed E-state index contributed by atoms with van der Waals surface area (Å²) in [5.74, 6) is 2.10. The van der Waals surface area contributed by atoms with E-state index in [4.69, 9.17) is 4.74 Å². The maximum absolute atomic E-state index is 12.6. The van der Waals surface area contributed by atoms with E-state index in [1.54, 1.807) is 11.8 Å². The Balaban J connectivity index is 1.78. The van der Waals surface area contributed by atoms with Gasteiger partial charge in [-0.25, -0.2) is 0 Å². The van der Waals surface area contributed by atoms with Gasteiger partial charge in [-0.15, -0.1) is 0 Å². The number of esters is 1. The first kappa shape index (κ1) is 18.0. The molecule has 2 bridgehead atoms. The smallest absolute Gasteiger partial charge is 0.316 e. The zero-order valence-electron chi connectivity index (χ0n) is 15.0. The summed E-state index contributed by atoms with van der Waals surface area (Å²) in [4.78, 5) is 24.9. The summed E-state index contributed by atoms with van der Waals surface area (Å²) >= 11 is 1.65. The van der Waals surface area contributed by atoms with Crippen LogP contribution in [0.25, 0.3) is 0 Å². The highest BCUT2D eigenvalue weighted by Crippen LogP contribution is 2.57. The molecule has 3 unspecified atom stereocenters. The standard InChI is InChI=1S/C20H30O3S/c1-3-11-24-13-18(22)23-17-12-14(2)6-9-20-8-4-5-15(17)19(20)16(21)7-10-20/h6,15,17,19H,3-5,7-13H2,1-2H3/b14-6-/t15?,17-,19?,20?/m0/s1. The molecule has 3 rings (SSSR count). The molecule has 0 spiro atoms. The van der Waals surface area contributed by atoms with E-state index in [0.29, 0.717) is 11.5 Å². The number of rotatable bonds is 5. The molecule has 3 nitrogen and oxygen atoms in total. The molecule has 0 radical (unpaired) electrons. The lowest BCUT2D eigenvalue weighted by atomic mass is 9.59. The number of hydrogen-bond donors (Lipinski definition) is 0. The second-order valence-corrected chi connectivity index (χ2v) is 9.01. The van der Waals surface area contributed by atoms with E-state index in [9.17, 15) is 9.59 Å². The molecule has 2 saturated carbocycles. The van der Waals surface area contributed by atoms with E-state index < -0.39 is 0 Å². The molecule has 3 aliphatic rings. The quantitative estimate of drug-likeness (QED) is 0.414.